The van der Waals surface area contributed by atoms with Gasteiger partial charge >= 0.3 is 0 Å². The first-order chi connectivity index (χ1) is 9.51. The maximum atomic E-state index is 12.3. The molecule has 0 radical (unpaired) electrons. The third-order valence-electron chi connectivity index (χ3n) is 3.70. The molecule has 21 heavy (non-hydrogen) atoms. The van der Waals surface area contributed by atoms with E-state index in [1.807, 2.05) is 20.8 Å². The summed E-state index contributed by atoms with van der Waals surface area (Å²) < 4.78 is 27.2. The molecule has 0 heterocycles. The molecule has 5 nitrogen and oxygen atoms in total. The quantitative estimate of drug-likeness (QED) is 0.722. The van der Waals surface area contributed by atoms with Gasteiger partial charge < -0.3 is 10.4 Å². The van der Waals surface area contributed by atoms with Crippen molar-refractivity contribution in [1.82, 2.24) is 4.72 Å². The van der Waals surface area contributed by atoms with Crippen molar-refractivity contribution in [2.75, 3.05) is 11.9 Å². The molecule has 0 aliphatic rings. The molecule has 0 aliphatic carbocycles. The molecule has 0 saturated carbocycles. The minimum absolute atomic E-state index is 0.191. The maximum absolute atomic E-state index is 12.3. The van der Waals surface area contributed by atoms with Crippen LogP contribution in [-0.2, 0) is 10.0 Å². The molecule has 6 heteroatoms. The Morgan fingerprint density at radius 3 is 2.24 bits per heavy atom. The predicted molar refractivity (Wildman–Crippen MR) is 85.9 cm³/mol. The molecule has 0 amide bonds. The Bertz CT molecular complexity index is 575. The van der Waals surface area contributed by atoms with E-state index >= 15 is 0 Å². The van der Waals surface area contributed by atoms with Gasteiger partial charge in [-0.05, 0) is 46.2 Å². The number of nitrogens with one attached hydrogen (secondary N) is 2. The van der Waals surface area contributed by atoms with Crippen LogP contribution in [0.4, 0.5) is 5.69 Å². The van der Waals surface area contributed by atoms with E-state index in [1.165, 1.54) is 0 Å². The lowest BCUT2D eigenvalue weighted by Crippen LogP contribution is -2.51. The summed E-state index contributed by atoms with van der Waals surface area (Å²) >= 11 is 0. The van der Waals surface area contributed by atoms with Crippen LogP contribution in [0.2, 0.25) is 0 Å². The van der Waals surface area contributed by atoms with Gasteiger partial charge in [0.2, 0.25) is 10.0 Å². The standard InChI is InChI=1S/C15H26N2O3S/c1-6-11-16-21(19,20)13-10-8-7-9-12(13)17-14(2,3)15(4,5)18/h7-10,16-18H,6,11H2,1-5H3. The first kappa shape index (κ1) is 17.9. The molecular weight excluding hydrogens is 288 g/mol. The predicted octanol–water partition coefficient (Wildman–Crippen LogP) is 2.34. The number of aliphatic hydroxyl groups is 1. The Balaban J connectivity index is 3.17. The van der Waals surface area contributed by atoms with E-state index in [0.29, 0.717) is 12.2 Å². The summed E-state index contributed by atoms with van der Waals surface area (Å²) in [5, 5.41) is 13.4. The van der Waals surface area contributed by atoms with Gasteiger partial charge in [-0.15, -0.1) is 0 Å². The number of rotatable bonds is 7. The smallest absolute Gasteiger partial charge is 0.242 e. The van der Waals surface area contributed by atoms with E-state index in [-0.39, 0.29) is 4.90 Å². The highest BCUT2D eigenvalue weighted by atomic mass is 32.2. The van der Waals surface area contributed by atoms with Crippen molar-refractivity contribution in [2.45, 2.75) is 57.1 Å². The summed E-state index contributed by atoms with van der Waals surface area (Å²) in [7, 11) is -3.57. The Morgan fingerprint density at radius 1 is 1.14 bits per heavy atom. The second-order valence-electron chi connectivity index (χ2n) is 6.20. The summed E-state index contributed by atoms with van der Waals surface area (Å²) in [4.78, 5) is 0.191. The van der Waals surface area contributed by atoms with Crippen molar-refractivity contribution in [3.63, 3.8) is 0 Å². The van der Waals surface area contributed by atoms with Crippen LogP contribution >= 0.6 is 0 Å². The molecule has 0 bridgehead atoms. The second kappa shape index (κ2) is 6.34. The van der Waals surface area contributed by atoms with Gasteiger partial charge in [0, 0.05) is 6.54 Å². The molecule has 0 fully saturated rings. The van der Waals surface area contributed by atoms with Gasteiger partial charge in [-0.2, -0.15) is 0 Å². The SMILES string of the molecule is CCCNS(=O)(=O)c1ccccc1NC(C)(C)C(C)(C)O. The molecular formula is C15H26N2O3S. The molecule has 3 N–H and O–H groups in total. The topological polar surface area (TPSA) is 78.4 Å². The highest BCUT2D eigenvalue weighted by Crippen LogP contribution is 2.29. The average molecular weight is 314 g/mol. The molecule has 0 atom stereocenters. The molecule has 1 aromatic carbocycles. The fourth-order valence-electron chi connectivity index (χ4n) is 1.61. The summed E-state index contributed by atoms with van der Waals surface area (Å²) in [5.41, 5.74) is -1.22. The maximum Gasteiger partial charge on any atom is 0.242 e. The molecule has 0 aliphatic heterocycles. The van der Waals surface area contributed by atoms with Crippen LogP contribution in [0.15, 0.2) is 29.2 Å². The van der Waals surface area contributed by atoms with Gasteiger partial charge in [0.05, 0.1) is 16.8 Å². The van der Waals surface area contributed by atoms with Crippen molar-refractivity contribution < 1.29 is 13.5 Å². The van der Waals surface area contributed by atoms with E-state index < -0.39 is 21.2 Å². The average Bonchev–Trinajstić information content (AvgIpc) is 2.35. The molecule has 0 saturated heterocycles. The lowest BCUT2D eigenvalue weighted by atomic mass is 9.86. The Kier molecular flexibility index (Phi) is 5.41. The largest absolute Gasteiger partial charge is 0.388 e. The van der Waals surface area contributed by atoms with Crippen LogP contribution in [-0.4, -0.2) is 31.2 Å². The molecule has 0 unspecified atom stereocenters. The number of hydrogen-bond donors (Lipinski definition) is 3. The molecule has 120 valence electrons. The molecule has 0 spiro atoms. The van der Waals surface area contributed by atoms with Crippen LogP contribution in [0.1, 0.15) is 41.0 Å². The van der Waals surface area contributed by atoms with Gasteiger partial charge in [-0.3, -0.25) is 0 Å². The van der Waals surface area contributed by atoms with Crippen molar-refractivity contribution >= 4 is 15.7 Å². The number of sulfonamides is 1. The van der Waals surface area contributed by atoms with Crippen molar-refractivity contribution in [3.8, 4) is 0 Å². The van der Waals surface area contributed by atoms with Gasteiger partial charge in [0.25, 0.3) is 0 Å². The van der Waals surface area contributed by atoms with E-state index in [9.17, 15) is 13.5 Å². The zero-order chi connectivity index (χ0) is 16.3. The van der Waals surface area contributed by atoms with Crippen LogP contribution in [0, 0.1) is 0 Å². The van der Waals surface area contributed by atoms with Crippen LogP contribution < -0.4 is 10.0 Å². The molecule has 0 aromatic heterocycles. The Labute approximate surface area is 127 Å². The van der Waals surface area contributed by atoms with Gasteiger partial charge in [0.1, 0.15) is 4.90 Å². The summed E-state index contributed by atoms with van der Waals surface area (Å²) in [6, 6.07) is 6.71. The lowest BCUT2D eigenvalue weighted by molar-refractivity contribution is 0.0239. The summed E-state index contributed by atoms with van der Waals surface area (Å²) in [6.45, 7) is 9.33. The number of para-hydroxylation sites is 1. The summed E-state index contributed by atoms with van der Waals surface area (Å²) in [6.07, 6.45) is 0.726. The second-order valence-corrected chi connectivity index (χ2v) is 7.94. The van der Waals surface area contributed by atoms with Crippen molar-refractivity contribution in [1.29, 1.82) is 0 Å². The highest BCUT2D eigenvalue weighted by molar-refractivity contribution is 7.89. The van der Waals surface area contributed by atoms with Crippen LogP contribution in [0.5, 0.6) is 0 Å². The minimum Gasteiger partial charge on any atom is -0.388 e. The summed E-state index contributed by atoms with van der Waals surface area (Å²) in [5.74, 6) is 0. The zero-order valence-electron chi connectivity index (χ0n) is 13.4. The lowest BCUT2D eigenvalue weighted by Gasteiger charge is -2.39. The van der Waals surface area contributed by atoms with Gasteiger partial charge in [-0.25, -0.2) is 13.1 Å². The number of benzene rings is 1. The minimum atomic E-state index is -3.57. The number of anilines is 1. The van der Waals surface area contributed by atoms with Gasteiger partial charge in [-0.1, -0.05) is 19.1 Å². The van der Waals surface area contributed by atoms with E-state index in [0.717, 1.165) is 6.42 Å². The fourth-order valence-corrected chi connectivity index (χ4v) is 2.90. The van der Waals surface area contributed by atoms with Crippen molar-refractivity contribution in [2.24, 2.45) is 0 Å². The monoisotopic (exact) mass is 314 g/mol. The number of hydrogen-bond acceptors (Lipinski definition) is 4. The first-order valence-corrected chi connectivity index (χ1v) is 8.59. The Hall–Kier alpha value is -1.11. The van der Waals surface area contributed by atoms with Gasteiger partial charge in [0.15, 0.2) is 0 Å². The zero-order valence-corrected chi connectivity index (χ0v) is 14.2. The third-order valence-corrected chi connectivity index (χ3v) is 5.21. The fraction of sp³-hybridized carbons (Fsp3) is 0.600. The van der Waals surface area contributed by atoms with E-state index in [4.69, 9.17) is 0 Å². The first-order valence-electron chi connectivity index (χ1n) is 7.10. The van der Waals surface area contributed by atoms with E-state index in [2.05, 4.69) is 10.0 Å². The molecule has 1 rings (SSSR count). The van der Waals surface area contributed by atoms with Crippen molar-refractivity contribution in [3.05, 3.63) is 24.3 Å². The Morgan fingerprint density at radius 2 is 1.71 bits per heavy atom. The third kappa shape index (κ3) is 4.43. The molecule has 1 aromatic rings. The van der Waals surface area contributed by atoms with E-state index in [1.54, 1.807) is 38.1 Å². The van der Waals surface area contributed by atoms with Crippen LogP contribution in [0.25, 0.3) is 0 Å². The highest BCUT2D eigenvalue weighted by Gasteiger charge is 2.36. The van der Waals surface area contributed by atoms with Crippen LogP contribution in [0.3, 0.4) is 0 Å². The normalized spacial score (nSPS) is 13.2.